The highest BCUT2D eigenvalue weighted by Crippen LogP contribution is 2.35. The molecule has 3 N–H and O–H groups in total. The van der Waals surface area contributed by atoms with Crippen LogP contribution in [0.2, 0.25) is 0 Å². The van der Waals surface area contributed by atoms with Gasteiger partial charge in [-0.25, -0.2) is 0 Å². The summed E-state index contributed by atoms with van der Waals surface area (Å²) in [5, 5.41) is 1.25. The van der Waals surface area contributed by atoms with Crippen LogP contribution in [0.3, 0.4) is 0 Å². The van der Waals surface area contributed by atoms with Gasteiger partial charge in [-0.15, -0.1) is 6.58 Å². The minimum absolute atomic E-state index is 0.0424. The summed E-state index contributed by atoms with van der Waals surface area (Å²) in [6, 6.07) is 4.42. The predicted molar refractivity (Wildman–Crippen MR) is 144 cm³/mol. The molecule has 1 aromatic carbocycles. The van der Waals surface area contributed by atoms with Crippen LogP contribution < -0.4 is 21.8 Å². The molecule has 3 rings (SSSR count). The molecule has 0 saturated heterocycles. The average Bonchev–Trinajstić information content (AvgIpc) is 3.13. The average molecular weight is 458 g/mol. The third-order valence-corrected chi connectivity index (χ3v) is 6.04. The van der Waals surface area contributed by atoms with E-state index in [0.717, 1.165) is 35.0 Å². The van der Waals surface area contributed by atoms with Gasteiger partial charge in [0.25, 0.3) is 11.1 Å². The first kappa shape index (κ1) is 25.0. The molecule has 5 heteroatoms. The Morgan fingerprint density at radius 2 is 1.59 bits per heavy atom. The summed E-state index contributed by atoms with van der Waals surface area (Å²) in [4.78, 5) is 33.7. The van der Waals surface area contributed by atoms with E-state index in [2.05, 4.69) is 93.9 Å². The van der Waals surface area contributed by atoms with Crippen molar-refractivity contribution in [2.24, 2.45) is 0 Å². The Morgan fingerprint density at radius 3 is 2.21 bits per heavy atom. The molecular weight excluding hydrogens is 422 g/mol. The van der Waals surface area contributed by atoms with Gasteiger partial charge in [-0.2, -0.15) is 0 Å². The maximum absolute atomic E-state index is 12.6. The molecule has 5 nitrogen and oxygen atoms in total. The molecule has 0 atom stereocenters. The normalized spacial score (nSPS) is 12.1. The van der Waals surface area contributed by atoms with Gasteiger partial charge in [-0.05, 0) is 63.8 Å². The summed E-state index contributed by atoms with van der Waals surface area (Å²) in [6.07, 6.45) is 9.69. The second-order valence-electron chi connectivity index (χ2n) is 9.93. The van der Waals surface area contributed by atoms with E-state index < -0.39 is 11.0 Å². The zero-order valence-electron chi connectivity index (χ0n) is 21.1. The molecule has 0 bridgehead atoms. The Hall–Kier alpha value is -3.60. The van der Waals surface area contributed by atoms with Crippen LogP contribution in [-0.2, 0) is 18.3 Å². The van der Waals surface area contributed by atoms with Gasteiger partial charge in [-0.3, -0.25) is 9.59 Å². The Balaban J connectivity index is 2.46. The lowest BCUT2D eigenvalue weighted by Gasteiger charge is -2.19. The van der Waals surface area contributed by atoms with Gasteiger partial charge in [0.15, 0.2) is 0 Å². The van der Waals surface area contributed by atoms with Crippen LogP contribution in [0.15, 0.2) is 57.7 Å². The largest absolute Gasteiger partial charge is 0.357 e. The Morgan fingerprint density at radius 1 is 0.941 bits per heavy atom. The second kappa shape index (κ2) is 9.72. The molecule has 178 valence electrons. The second-order valence-corrected chi connectivity index (χ2v) is 9.93. The third-order valence-electron chi connectivity index (χ3n) is 6.04. The Kier molecular flexibility index (Phi) is 7.15. The van der Waals surface area contributed by atoms with Crippen LogP contribution >= 0.6 is 0 Å². The highest BCUT2D eigenvalue weighted by molar-refractivity contribution is 5.94. The number of allylic oxidation sites excluding steroid dienone is 5. The summed E-state index contributed by atoms with van der Waals surface area (Å²) in [5.74, 6) is 0. The highest BCUT2D eigenvalue weighted by atomic mass is 16.1. The number of aromatic amines is 3. The highest BCUT2D eigenvalue weighted by Gasteiger charge is 2.24. The van der Waals surface area contributed by atoms with E-state index in [9.17, 15) is 9.59 Å². The van der Waals surface area contributed by atoms with Crippen molar-refractivity contribution in [2.75, 3.05) is 0 Å². The number of aromatic nitrogens is 3. The fraction of sp³-hybridized carbons (Fsp3) is 0.310. The van der Waals surface area contributed by atoms with Gasteiger partial charge in [0.2, 0.25) is 0 Å². The third kappa shape index (κ3) is 5.30. The van der Waals surface area contributed by atoms with Crippen LogP contribution in [-0.4, -0.2) is 15.0 Å². The predicted octanol–water partition coefficient (Wildman–Crippen LogP) is 4.26. The van der Waals surface area contributed by atoms with Gasteiger partial charge < -0.3 is 15.0 Å². The standard InChI is InChI=1S/C29H35N3O2/c1-9-29(7,8)26-23(16-24-28(34)30-19(6)27(33)31-24)22-15-20(12-10-17(2)3)14-21(25(22)32-26)13-11-18(4)5/h9-11,14-16,32H,1,6,12-13H2,2-5,7-8H3,(H,30,34)(H,31,33). The lowest BCUT2D eigenvalue weighted by Crippen LogP contribution is -2.46. The van der Waals surface area contributed by atoms with Crippen molar-refractivity contribution in [3.63, 3.8) is 0 Å². The molecule has 0 unspecified atom stereocenters. The fourth-order valence-electron chi connectivity index (χ4n) is 3.89. The van der Waals surface area contributed by atoms with Gasteiger partial charge in [0.1, 0.15) is 5.35 Å². The quantitative estimate of drug-likeness (QED) is 0.463. The van der Waals surface area contributed by atoms with Crippen molar-refractivity contribution in [3.8, 4) is 0 Å². The van der Waals surface area contributed by atoms with Crippen LogP contribution in [0.4, 0.5) is 0 Å². The molecule has 0 aliphatic carbocycles. The molecule has 0 amide bonds. The molecular formula is C29H35N3O2. The zero-order valence-corrected chi connectivity index (χ0v) is 21.1. The molecule has 0 aliphatic heterocycles. The number of H-pyrrole nitrogens is 3. The fourth-order valence-corrected chi connectivity index (χ4v) is 3.89. The van der Waals surface area contributed by atoms with E-state index in [-0.39, 0.29) is 16.3 Å². The minimum Gasteiger partial charge on any atom is -0.357 e. The van der Waals surface area contributed by atoms with Gasteiger partial charge in [-0.1, -0.05) is 55.9 Å². The molecule has 0 fully saturated rings. The summed E-state index contributed by atoms with van der Waals surface area (Å²) < 4.78 is 0. The van der Waals surface area contributed by atoms with E-state index in [1.165, 1.54) is 22.3 Å². The van der Waals surface area contributed by atoms with E-state index in [1.54, 1.807) is 6.08 Å². The lowest BCUT2D eigenvalue weighted by molar-refractivity contribution is 0.650. The van der Waals surface area contributed by atoms with Crippen molar-refractivity contribution < 1.29 is 0 Å². The zero-order chi connectivity index (χ0) is 25.2. The molecule has 0 aliphatic rings. The maximum Gasteiger partial charge on any atom is 0.272 e. The van der Waals surface area contributed by atoms with E-state index in [0.29, 0.717) is 0 Å². The summed E-state index contributed by atoms with van der Waals surface area (Å²) in [5.41, 5.74) is 6.55. The van der Waals surface area contributed by atoms with Crippen LogP contribution in [0.1, 0.15) is 63.9 Å². The van der Waals surface area contributed by atoms with E-state index >= 15 is 0 Å². The number of benzene rings is 1. The number of nitrogens with one attached hydrogen (secondary N) is 3. The minimum atomic E-state index is -0.413. The summed E-state index contributed by atoms with van der Waals surface area (Å²) in [6.45, 7) is 20.2. The first-order valence-electron chi connectivity index (χ1n) is 11.5. The molecule has 3 aromatic rings. The first-order valence-corrected chi connectivity index (χ1v) is 11.5. The first-order chi connectivity index (χ1) is 15.9. The maximum atomic E-state index is 12.6. The van der Waals surface area contributed by atoms with Crippen LogP contribution in [0.5, 0.6) is 0 Å². The number of hydrogen-bond acceptors (Lipinski definition) is 2. The van der Waals surface area contributed by atoms with Crippen LogP contribution in [0, 0.1) is 0 Å². The van der Waals surface area contributed by atoms with Gasteiger partial charge >= 0.3 is 0 Å². The summed E-state index contributed by atoms with van der Waals surface area (Å²) >= 11 is 0. The van der Waals surface area contributed by atoms with Gasteiger partial charge in [0, 0.05) is 27.6 Å². The molecule has 2 heterocycles. The van der Waals surface area contributed by atoms with Crippen molar-refractivity contribution in [1.82, 2.24) is 15.0 Å². The van der Waals surface area contributed by atoms with Crippen molar-refractivity contribution in [3.05, 3.63) is 102 Å². The molecule has 0 saturated carbocycles. The van der Waals surface area contributed by atoms with Crippen LogP contribution in [0.25, 0.3) is 23.6 Å². The smallest absolute Gasteiger partial charge is 0.272 e. The SMILES string of the molecule is C=CC(C)(C)c1[nH]c2c(CC=C(C)C)cc(CC=C(C)C)cc2c1C=c1[nH]c(=O)c(=C)[nH]c1=O. The van der Waals surface area contributed by atoms with E-state index in [1.807, 2.05) is 6.08 Å². The Labute approximate surface area is 200 Å². The summed E-state index contributed by atoms with van der Waals surface area (Å²) in [7, 11) is 0. The molecule has 34 heavy (non-hydrogen) atoms. The topological polar surface area (TPSA) is 81.5 Å². The van der Waals surface area contributed by atoms with Gasteiger partial charge in [0.05, 0.1) is 5.35 Å². The van der Waals surface area contributed by atoms with Crippen molar-refractivity contribution in [2.45, 2.75) is 59.8 Å². The molecule has 0 spiro atoms. The monoisotopic (exact) mass is 457 g/mol. The Bertz CT molecular complexity index is 1530. The lowest BCUT2D eigenvalue weighted by atomic mass is 9.86. The van der Waals surface area contributed by atoms with Crippen molar-refractivity contribution in [1.29, 1.82) is 0 Å². The number of fused-ring (bicyclic) bond motifs is 1. The van der Waals surface area contributed by atoms with E-state index in [4.69, 9.17) is 0 Å². The number of hydrogen-bond donors (Lipinski definition) is 3. The molecule has 0 radical (unpaired) electrons. The molecule has 2 aromatic heterocycles. The van der Waals surface area contributed by atoms with Crippen molar-refractivity contribution >= 4 is 23.6 Å². The number of rotatable bonds is 7.